The number of hydrazine groups is 1. The van der Waals surface area contributed by atoms with Crippen molar-refractivity contribution in [1.29, 1.82) is 0 Å². The molecule has 0 aromatic carbocycles. The van der Waals surface area contributed by atoms with Gasteiger partial charge in [0.15, 0.2) is 0 Å². The van der Waals surface area contributed by atoms with Gasteiger partial charge >= 0.3 is 6.03 Å². The number of carbonyl (C=O) groups is 4. The maximum Gasteiger partial charge on any atom is 0.325 e. The Hall–Kier alpha value is -2.42. The van der Waals surface area contributed by atoms with E-state index in [9.17, 15) is 19.2 Å². The number of nitrogens with one attached hydrogen (secondary N) is 3. The van der Waals surface area contributed by atoms with E-state index in [2.05, 4.69) is 16.2 Å². The van der Waals surface area contributed by atoms with Crippen molar-refractivity contribution < 1.29 is 19.2 Å². The van der Waals surface area contributed by atoms with Gasteiger partial charge in [-0.15, -0.1) is 11.3 Å². The summed E-state index contributed by atoms with van der Waals surface area (Å²) in [5, 5.41) is 2.83. The van der Waals surface area contributed by atoms with Crippen molar-refractivity contribution in [3.05, 3.63) is 21.4 Å². The van der Waals surface area contributed by atoms with E-state index in [-0.39, 0.29) is 36.7 Å². The van der Waals surface area contributed by atoms with E-state index in [0.29, 0.717) is 24.1 Å². The summed E-state index contributed by atoms with van der Waals surface area (Å²) in [6, 6.07) is 1.58. The number of aryl methyl sites for hydroxylation is 2. The minimum atomic E-state index is -0.717. The number of rotatable bonds is 5. The quantitative estimate of drug-likeness (QED) is 0.477. The van der Waals surface area contributed by atoms with Gasteiger partial charge in [0, 0.05) is 17.8 Å². The Bertz CT molecular complexity index is 849. The average molecular weight is 447 g/mol. The van der Waals surface area contributed by atoms with E-state index in [0.717, 1.165) is 38.5 Å². The fraction of sp³-hybridized carbons (Fsp3) is 0.636. The van der Waals surface area contributed by atoms with Gasteiger partial charge in [-0.05, 0) is 56.6 Å². The lowest BCUT2D eigenvalue weighted by atomic mass is 9.98. The van der Waals surface area contributed by atoms with Gasteiger partial charge in [-0.1, -0.05) is 25.7 Å². The summed E-state index contributed by atoms with van der Waals surface area (Å²) >= 11 is 1.51. The Kier molecular flexibility index (Phi) is 6.60. The lowest BCUT2D eigenvalue weighted by Gasteiger charge is -2.19. The summed E-state index contributed by atoms with van der Waals surface area (Å²) in [5.74, 6) is -0.815. The summed E-state index contributed by atoms with van der Waals surface area (Å²) in [4.78, 5) is 52.4. The first-order chi connectivity index (χ1) is 15.0. The molecule has 3 N–H and O–H groups in total. The molecule has 0 atom stereocenters. The summed E-state index contributed by atoms with van der Waals surface area (Å²) < 4.78 is 0. The van der Waals surface area contributed by atoms with Crippen molar-refractivity contribution in [2.24, 2.45) is 0 Å². The molecule has 168 valence electrons. The van der Waals surface area contributed by atoms with Crippen LogP contribution in [0.5, 0.6) is 0 Å². The highest BCUT2D eigenvalue weighted by molar-refractivity contribution is 7.14. The van der Waals surface area contributed by atoms with E-state index < -0.39 is 5.54 Å². The molecule has 1 spiro atoms. The zero-order valence-corrected chi connectivity index (χ0v) is 18.6. The first-order valence-electron chi connectivity index (χ1n) is 11.3. The Morgan fingerprint density at radius 3 is 2.55 bits per heavy atom. The molecule has 5 amide bonds. The summed E-state index contributed by atoms with van der Waals surface area (Å²) in [6.45, 7) is 0.200. The third-order valence-corrected chi connectivity index (χ3v) is 7.76. The summed E-state index contributed by atoms with van der Waals surface area (Å²) in [7, 11) is 0. The number of hydrogen-bond donors (Lipinski definition) is 3. The van der Waals surface area contributed by atoms with Gasteiger partial charge < -0.3 is 5.32 Å². The van der Waals surface area contributed by atoms with Crippen LogP contribution >= 0.6 is 11.3 Å². The standard InChI is InChI=1S/C22H30N4O4S/c27-18(10-7-13-26-20(29)22(23-21(26)30)11-5-6-12-22)24-25-19(28)17-14-15-8-3-1-2-4-9-16(15)31-17/h14H,1-13H2,(H,23,30)(H,24,27)(H,25,28). The van der Waals surface area contributed by atoms with Crippen LogP contribution in [0.15, 0.2) is 6.07 Å². The molecular weight excluding hydrogens is 416 g/mol. The molecule has 2 fully saturated rings. The van der Waals surface area contributed by atoms with Crippen LogP contribution in [0, 0.1) is 0 Å². The number of fused-ring (bicyclic) bond motifs is 1. The van der Waals surface area contributed by atoms with Crippen LogP contribution in [0.3, 0.4) is 0 Å². The minimum absolute atomic E-state index is 0.116. The largest absolute Gasteiger partial charge is 0.325 e. The summed E-state index contributed by atoms with van der Waals surface area (Å²) in [5.41, 5.74) is 5.48. The Labute approximate surface area is 186 Å². The molecule has 0 radical (unpaired) electrons. The second kappa shape index (κ2) is 9.38. The lowest BCUT2D eigenvalue weighted by molar-refractivity contribution is -0.131. The molecule has 3 aliphatic rings. The molecule has 4 rings (SSSR count). The van der Waals surface area contributed by atoms with E-state index in [1.807, 2.05) is 6.07 Å². The van der Waals surface area contributed by atoms with Crippen molar-refractivity contribution in [2.75, 3.05) is 6.54 Å². The van der Waals surface area contributed by atoms with Crippen LogP contribution in [0.4, 0.5) is 4.79 Å². The smallest absolute Gasteiger partial charge is 0.323 e. The van der Waals surface area contributed by atoms with Crippen LogP contribution in [-0.2, 0) is 22.4 Å². The number of nitrogens with zero attached hydrogens (tertiary/aromatic N) is 1. The van der Waals surface area contributed by atoms with Crippen molar-refractivity contribution in [1.82, 2.24) is 21.1 Å². The van der Waals surface area contributed by atoms with Gasteiger partial charge in [0.1, 0.15) is 5.54 Å². The Morgan fingerprint density at radius 2 is 1.77 bits per heavy atom. The topological polar surface area (TPSA) is 108 Å². The van der Waals surface area contributed by atoms with E-state index in [4.69, 9.17) is 0 Å². The van der Waals surface area contributed by atoms with Gasteiger partial charge in [0.25, 0.3) is 11.8 Å². The van der Waals surface area contributed by atoms with E-state index >= 15 is 0 Å². The third-order valence-electron chi connectivity index (χ3n) is 6.52. The van der Waals surface area contributed by atoms with Gasteiger partial charge in [-0.25, -0.2) is 4.79 Å². The number of hydrogen-bond acceptors (Lipinski definition) is 5. The van der Waals surface area contributed by atoms with Crippen molar-refractivity contribution >= 4 is 35.1 Å². The molecule has 0 unspecified atom stereocenters. The molecule has 8 nitrogen and oxygen atoms in total. The van der Waals surface area contributed by atoms with Gasteiger partial charge in [-0.2, -0.15) is 0 Å². The van der Waals surface area contributed by atoms with Crippen LogP contribution in [-0.4, -0.2) is 40.7 Å². The maximum absolute atomic E-state index is 12.6. The fourth-order valence-electron chi connectivity index (χ4n) is 4.80. The van der Waals surface area contributed by atoms with Gasteiger partial charge in [0.05, 0.1) is 4.88 Å². The molecule has 31 heavy (non-hydrogen) atoms. The molecule has 9 heteroatoms. The normalized spacial score (nSPS) is 20.2. The van der Waals surface area contributed by atoms with Crippen LogP contribution < -0.4 is 16.2 Å². The zero-order valence-electron chi connectivity index (χ0n) is 17.8. The highest BCUT2D eigenvalue weighted by Gasteiger charge is 2.52. The highest BCUT2D eigenvalue weighted by atomic mass is 32.1. The van der Waals surface area contributed by atoms with E-state index in [1.165, 1.54) is 39.5 Å². The lowest BCUT2D eigenvalue weighted by Crippen LogP contribution is -2.44. The molecular formula is C22H30N4O4S. The van der Waals surface area contributed by atoms with Crippen molar-refractivity contribution in [3.63, 3.8) is 0 Å². The zero-order chi connectivity index (χ0) is 21.8. The predicted octanol–water partition coefficient (Wildman–Crippen LogP) is 2.81. The Morgan fingerprint density at radius 1 is 1.03 bits per heavy atom. The molecule has 1 aromatic heterocycles. The van der Waals surface area contributed by atoms with Gasteiger partial charge in [0.2, 0.25) is 5.91 Å². The number of urea groups is 1. The second-order valence-electron chi connectivity index (χ2n) is 8.76. The number of amides is 5. The average Bonchev–Trinajstić information content (AvgIpc) is 3.41. The van der Waals surface area contributed by atoms with Crippen molar-refractivity contribution in [2.45, 2.75) is 82.6 Å². The predicted molar refractivity (Wildman–Crippen MR) is 116 cm³/mol. The second-order valence-corrected chi connectivity index (χ2v) is 9.89. The monoisotopic (exact) mass is 446 g/mol. The molecule has 1 saturated carbocycles. The molecule has 1 aliphatic heterocycles. The molecule has 1 aromatic rings. The Balaban J connectivity index is 1.21. The summed E-state index contributed by atoms with van der Waals surface area (Å²) in [6.07, 6.45) is 10.5. The van der Waals surface area contributed by atoms with Crippen LogP contribution in [0.2, 0.25) is 0 Å². The molecule has 1 saturated heterocycles. The van der Waals surface area contributed by atoms with Crippen molar-refractivity contribution in [3.8, 4) is 0 Å². The SMILES string of the molecule is O=C(CCCN1C(=O)NC2(CCCC2)C1=O)NNC(=O)c1cc2c(s1)CCCCCC2. The number of imide groups is 1. The number of carbonyl (C=O) groups excluding carboxylic acids is 4. The fourth-order valence-corrected chi connectivity index (χ4v) is 5.95. The first kappa shape index (κ1) is 21.8. The third kappa shape index (κ3) is 4.76. The van der Waals surface area contributed by atoms with Gasteiger partial charge in [-0.3, -0.25) is 30.1 Å². The molecule has 2 aliphatic carbocycles. The van der Waals surface area contributed by atoms with E-state index in [1.54, 1.807) is 0 Å². The highest BCUT2D eigenvalue weighted by Crippen LogP contribution is 2.35. The first-order valence-corrected chi connectivity index (χ1v) is 12.1. The van der Waals surface area contributed by atoms with Crippen LogP contribution in [0.25, 0.3) is 0 Å². The van der Waals surface area contributed by atoms with Crippen LogP contribution in [0.1, 0.15) is 84.3 Å². The maximum atomic E-state index is 12.6. The molecule has 2 heterocycles. The molecule has 0 bridgehead atoms. The minimum Gasteiger partial charge on any atom is -0.323 e. The number of thiophene rings is 1.